The van der Waals surface area contributed by atoms with Crippen LogP contribution in [0, 0.1) is 5.92 Å². The number of amides is 8. The number of primary amides is 1. The maximum atomic E-state index is 13.4. The molecule has 0 aliphatic carbocycles. The van der Waals surface area contributed by atoms with Gasteiger partial charge in [-0.2, -0.15) is 0 Å². The Morgan fingerprint density at radius 2 is 1.65 bits per heavy atom. The maximum Gasteiger partial charge on any atom is 0.410 e. The van der Waals surface area contributed by atoms with E-state index in [9.17, 15) is 33.6 Å². The number of carbonyl (C=O) groups is 7. The van der Waals surface area contributed by atoms with E-state index < -0.39 is 36.0 Å². The molecule has 1 aromatic rings. The van der Waals surface area contributed by atoms with Crippen LogP contribution in [0.2, 0.25) is 0 Å². The third-order valence-corrected chi connectivity index (χ3v) is 8.84. The number of likely N-dealkylation sites (tertiary alicyclic amines) is 1. The Morgan fingerprint density at radius 1 is 0.961 bits per heavy atom. The van der Waals surface area contributed by atoms with Gasteiger partial charge in [0.15, 0.2) is 0 Å². The van der Waals surface area contributed by atoms with Gasteiger partial charge in [0.25, 0.3) is 11.8 Å². The lowest BCUT2D eigenvalue weighted by atomic mass is 10.0. The summed E-state index contributed by atoms with van der Waals surface area (Å²) >= 11 is 0. The van der Waals surface area contributed by atoms with Crippen molar-refractivity contribution in [3.8, 4) is 0 Å². The highest BCUT2D eigenvalue weighted by Crippen LogP contribution is 2.16. The van der Waals surface area contributed by atoms with Gasteiger partial charge in [-0.15, -0.1) is 0 Å². The fraction of sp³-hybridized carbons (Fsp3) is 0.571. The zero-order valence-electron chi connectivity index (χ0n) is 29.9. The van der Waals surface area contributed by atoms with Gasteiger partial charge in [0.2, 0.25) is 17.7 Å². The minimum atomic E-state index is -0.998. The third-order valence-electron chi connectivity index (χ3n) is 8.84. The first-order chi connectivity index (χ1) is 24.2. The molecule has 1 aromatic carbocycles. The molecule has 0 bridgehead atoms. The predicted molar refractivity (Wildman–Crippen MR) is 189 cm³/mol. The van der Waals surface area contributed by atoms with Crippen molar-refractivity contribution < 1.29 is 38.3 Å². The molecule has 2 aliphatic rings. The van der Waals surface area contributed by atoms with Crippen LogP contribution in [0.4, 0.5) is 15.3 Å². The number of urea groups is 1. The van der Waals surface area contributed by atoms with E-state index in [1.807, 2.05) is 7.05 Å². The second kappa shape index (κ2) is 20.0. The van der Waals surface area contributed by atoms with Crippen molar-refractivity contribution in [2.45, 2.75) is 83.5 Å². The molecule has 2 heterocycles. The van der Waals surface area contributed by atoms with Gasteiger partial charge < -0.3 is 41.5 Å². The number of benzene rings is 1. The molecule has 51 heavy (non-hydrogen) atoms. The Hall–Kier alpha value is -4.99. The highest BCUT2D eigenvalue weighted by atomic mass is 16.6. The predicted octanol–water partition coefficient (Wildman–Crippen LogP) is 1.46. The standard InChI is InChI=1S/C35H52N8O8/c1-23(2)31(40-28(44)10-6-5-7-19-43-29(45)15-16-30(43)46)33(48)39-27(9-8-18-37-34(36)49)32(47)38-25-13-11-24(12-14-25)22-51-35(50)42(4)26-17-20-41(3)21-26/h11-16,23,26-27,31H,5-10,17-22H2,1-4H3,(H,38,47)(H,39,48)(H,40,44)(H3,36,37,49)/t26?,27-,31?/m0/s1. The summed E-state index contributed by atoms with van der Waals surface area (Å²) in [5, 5.41) is 10.8. The first-order valence-electron chi connectivity index (χ1n) is 17.4. The number of anilines is 1. The molecule has 6 N–H and O–H groups in total. The molecule has 3 rings (SSSR count). The van der Waals surface area contributed by atoms with Crippen molar-refractivity contribution in [3.63, 3.8) is 0 Å². The molecular weight excluding hydrogens is 660 g/mol. The van der Waals surface area contributed by atoms with Gasteiger partial charge in [0.1, 0.15) is 18.7 Å². The lowest BCUT2D eigenvalue weighted by molar-refractivity contribution is -0.137. The van der Waals surface area contributed by atoms with E-state index in [-0.39, 0.29) is 62.2 Å². The van der Waals surface area contributed by atoms with Gasteiger partial charge in [-0.25, -0.2) is 9.59 Å². The van der Waals surface area contributed by atoms with Crippen LogP contribution in [0.1, 0.15) is 64.4 Å². The van der Waals surface area contributed by atoms with Crippen molar-refractivity contribution in [1.82, 2.24) is 30.7 Å². The van der Waals surface area contributed by atoms with Gasteiger partial charge in [0.05, 0.1) is 0 Å². The Kier molecular flexibility index (Phi) is 15.9. The number of hydrogen-bond acceptors (Lipinski definition) is 9. The quantitative estimate of drug-likeness (QED) is 0.104. The van der Waals surface area contributed by atoms with E-state index in [2.05, 4.69) is 26.2 Å². The Bertz CT molecular complexity index is 1410. The van der Waals surface area contributed by atoms with E-state index in [1.165, 1.54) is 12.2 Å². The number of rotatable bonds is 19. The topological polar surface area (TPSA) is 213 Å². The van der Waals surface area contributed by atoms with Crippen molar-refractivity contribution in [3.05, 3.63) is 42.0 Å². The number of nitrogens with one attached hydrogen (secondary N) is 4. The molecule has 8 amide bonds. The van der Waals surface area contributed by atoms with Crippen LogP contribution in [0.5, 0.6) is 0 Å². The SMILES string of the molecule is CC(C)C(NC(=O)CCCCCN1C(=O)C=CC1=O)C(=O)N[C@@H](CCCNC(N)=O)C(=O)Nc1ccc(COC(=O)N(C)C2CCN(C)C2)cc1. The van der Waals surface area contributed by atoms with Crippen LogP contribution < -0.4 is 27.0 Å². The molecule has 1 saturated heterocycles. The van der Waals surface area contributed by atoms with Crippen molar-refractivity contribution in [2.24, 2.45) is 11.7 Å². The summed E-state index contributed by atoms with van der Waals surface area (Å²) in [4.78, 5) is 91.5. The monoisotopic (exact) mass is 712 g/mol. The van der Waals surface area contributed by atoms with Crippen LogP contribution in [0.3, 0.4) is 0 Å². The summed E-state index contributed by atoms with van der Waals surface area (Å²) in [6.07, 6.45) is 5.24. The van der Waals surface area contributed by atoms with Gasteiger partial charge in [-0.1, -0.05) is 32.4 Å². The molecule has 0 spiro atoms. The number of unbranched alkanes of at least 4 members (excludes halogenated alkanes) is 2. The summed E-state index contributed by atoms with van der Waals surface area (Å²) in [5.41, 5.74) is 6.34. The smallest absolute Gasteiger partial charge is 0.410 e. The number of imide groups is 1. The van der Waals surface area contributed by atoms with Crippen LogP contribution in [-0.4, -0.2) is 115 Å². The molecule has 3 atom stereocenters. The van der Waals surface area contributed by atoms with Gasteiger partial charge in [0, 0.05) is 57.0 Å². The minimum absolute atomic E-state index is 0.0617. The lowest BCUT2D eigenvalue weighted by Crippen LogP contribution is -2.54. The largest absolute Gasteiger partial charge is 0.445 e. The van der Waals surface area contributed by atoms with E-state index >= 15 is 0 Å². The summed E-state index contributed by atoms with van der Waals surface area (Å²) in [6, 6.07) is 4.27. The Balaban J connectivity index is 1.52. The Labute approximate surface area is 298 Å². The zero-order chi connectivity index (χ0) is 37.5. The maximum absolute atomic E-state index is 13.4. The lowest BCUT2D eigenvalue weighted by Gasteiger charge is -2.25. The van der Waals surface area contributed by atoms with E-state index in [0.29, 0.717) is 31.4 Å². The number of ether oxygens (including phenoxy) is 1. The average Bonchev–Trinajstić information content (AvgIpc) is 3.67. The van der Waals surface area contributed by atoms with Crippen molar-refractivity contribution in [1.29, 1.82) is 0 Å². The molecule has 2 aliphatic heterocycles. The number of likely N-dealkylation sites (N-methyl/N-ethyl adjacent to an activating group) is 2. The van der Waals surface area contributed by atoms with E-state index in [0.717, 1.165) is 30.0 Å². The summed E-state index contributed by atoms with van der Waals surface area (Å²) in [5.74, 6) is -2.36. The second-order valence-electron chi connectivity index (χ2n) is 13.3. The highest BCUT2D eigenvalue weighted by molar-refractivity contribution is 6.12. The van der Waals surface area contributed by atoms with E-state index in [4.69, 9.17) is 10.5 Å². The second-order valence-corrected chi connectivity index (χ2v) is 13.3. The molecule has 0 saturated carbocycles. The summed E-state index contributed by atoms with van der Waals surface area (Å²) < 4.78 is 5.48. The van der Waals surface area contributed by atoms with Crippen LogP contribution >= 0.6 is 0 Å². The Morgan fingerprint density at radius 3 is 2.25 bits per heavy atom. The van der Waals surface area contributed by atoms with Crippen LogP contribution in [0.15, 0.2) is 36.4 Å². The molecule has 2 unspecified atom stereocenters. The number of carbonyl (C=O) groups excluding carboxylic acids is 7. The summed E-state index contributed by atoms with van der Waals surface area (Å²) in [6.45, 7) is 5.80. The van der Waals surface area contributed by atoms with Crippen molar-refractivity contribution in [2.75, 3.05) is 45.6 Å². The molecule has 280 valence electrons. The molecule has 16 heteroatoms. The highest BCUT2D eigenvalue weighted by Gasteiger charge is 2.30. The first-order valence-corrected chi connectivity index (χ1v) is 17.4. The fourth-order valence-corrected chi connectivity index (χ4v) is 5.75. The number of nitrogens with zero attached hydrogens (tertiary/aromatic N) is 3. The normalized spacial score (nSPS) is 16.9. The molecule has 1 fully saturated rings. The number of hydrogen-bond donors (Lipinski definition) is 5. The van der Waals surface area contributed by atoms with E-state index in [1.54, 1.807) is 50.1 Å². The summed E-state index contributed by atoms with van der Waals surface area (Å²) in [7, 11) is 3.74. The van der Waals surface area contributed by atoms with Crippen molar-refractivity contribution >= 4 is 47.3 Å². The first kappa shape index (κ1) is 40.4. The molecule has 0 radical (unpaired) electrons. The average molecular weight is 713 g/mol. The minimum Gasteiger partial charge on any atom is -0.445 e. The zero-order valence-corrected chi connectivity index (χ0v) is 29.9. The van der Waals surface area contributed by atoms with Gasteiger partial charge >= 0.3 is 12.1 Å². The van der Waals surface area contributed by atoms with Gasteiger partial charge in [-0.05, 0) is 69.3 Å². The fourth-order valence-electron chi connectivity index (χ4n) is 5.75. The van der Waals surface area contributed by atoms with Gasteiger partial charge in [-0.3, -0.25) is 28.9 Å². The molecule has 16 nitrogen and oxygen atoms in total. The third kappa shape index (κ3) is 13.3. The number of nitrogens with two attached hydrogens (primary N) is 1. The van der Waals surface area contributed by atoms with Crippen LogP contribution in [0.25, 0.3) is 0 Å². The molecular formula is C35H52N8O8. The molecule has 0 aromatic heterocycles. The van der Waals surface area contributed by atoms with Crippen LogP contribution in [-0.2, 0) is 35.3 Å².